The molecule has 0 unspecified atom stereocenters. The normalized spacial score (nSPS) is 17.8. The van der Waals surface area contributed by atoms with E-state index in [1.165, 1.54) is 16.5 Å². The Morgan fingerprint density at radius 1 is 1.17 bits per heavy atom. The fourth-order valence-electron chi connectivity index (χ4n) is 3.73. The Kier molecular flexibility index (Phi) is 5.80. The van der Waals surface area contributed by atoms with Crippen molar-refractivity contribution in [2.75, 3.05) is 49.6 Å². The molecule has 0 atom stereocenters. The predicted molar refractivity (Wildman–Crippen MR) is 106 cm³/mol. The van der Waals surface area contributed by atoms with Crippen LogP contribution >= 0.6 is 11.3 Å². The molecule has 0 saturated carbocycles. The molecule has 1 amide bonds. The lowest BCUT2D eigenvalue weighted by Crippen LogP contribution is -2.38. The fourth-order valence-corrected chi connectivity index (χ4v) is 4.62. The van der Waals surface area contributed by atoms with Crippen LogP contribution in [0.25, 0.3) is 0 Å². The number of hydrogen-bond acceptors (Lipinski definition) is 5. The van der Waals surface area contributed by atoms with Gasteiger partial charge in [-0.2, -0.15) is 13.2 Å². The maximum Gasteiger partial charge on any atom is 0.416 e. The predicted octanol–water partition coefficient (Wildman–Crippen LogP) is 3.60. The highest BCUT2D eigenvalue weighted by Crippen LogP contribution is 2.36. The van der Waals surface area contributed by atoms with Gasteiger partial charge < -0.3 is 15.0 Å². The number of alkyl halides is 3. The van der Waals surface area contributed by atoms with E-state index in [-0.39, 0.29) is 18.1 Å². The van der Waals surface area contributed by atoms with Gasteiger partial charge in [-0.25, -0.2) is 0 Å². The van der Waals surface area contributed by atoms with Crippen molar-refractivity contribution in [3.8, 4) is 0 Å². The lowest BCUT2D eigenvalue weighted by Gasteiger charge is -2.31. The SMILES string of the molecule is O=C(CN1CCc2sccc2C1)Nc1cc(C(F)(F)F)ccc1N1CCOCC1. The van der Waals surface area contributed by atoms with Gasteiger partial charge in [-0.1, -0.05) is 0 Å². The molecule has 3 heterocycles. The van der Waals surface area contributed by atoms with E-state index in [0.29, 0.717) is 38.5 Å². The number of carbonyl (C=O) groups is 1. The van der Waals surface area contributed by atoms with Gasteiger partial charge in [-0.3, -0.25) is 9.69 Å². The summed E-state index contributed by atoms with van der Waals surface area (Å²) in [6.45, 7) is 3.75. The molecule has 5 nitrogen and oxygen atoms in total. The quantitative estimate of drug-likeness (QED) is 0.813. The first-order valence-electron chi connectivity index (χ1n) is 9.51. The van der Waals surface area contributed by atoms with Crippen LogP contribution in [0.4, 0.5) is 24.5 Å². The van der Waals surface area contributed by atoms with Crippen molar-refractivity contribution < 1.29 is 22.7 Å². The third kappa shape index (κ3) is 4.73. The molecule has 1 aromatic carbocycles. The number of thiophene rings is 1. The van der Waals surface area contributed by atoms with E-state index in [9.17, 15) is 18.0 Å². The number of anilines is 2. The summed E-state index contributed by atoms with van der Waals surface area (Å²) in [6.07, 6.45) is -3.58. The van der Waals surface area contributed by atoms with E-state index in [2.05, 4.69) is 11.4 Å². The molecule has 0 spiro atoms. The summed E-state index contributed by atoms with van der Waals surface area (Å²) in [5.74, 6) is -0.308. The molecule has 2 aliphatic heterocycles. The zero-order valence-electron chi connectivity index (χ0n) is 15.8. The summed E-state index contributed by atoms with van der Waals surface area (Å²) in [5, 5.41) is 4.77. The number of morpholine rings is 1. The van der Waals surface area contributed by atoms with Crippen molar-refractivity contribution in [3.63, 3.8) is 0 Å². The fraction of sp³-hybridized carbons (Fsp3) is 0.450. The molecule has 0 aliphatic carbocycles. The van der Waals surface area contributed by atoms with Crippen molar-refractivity contribution in [2.24, 2.45) is 0 Å². The average Bonchev–Trinajstić information content (AvgIpc) is 3.15. The van der Waals surface area contributed by atoms with Crippen LogP contribution in [0.2, 0.25) is 0 Å². The monoisotopic (exact) mass is 425 g/mol. The summed E-state index contributed by atoms with van der Waals surface area (Å²) in [6, 6.07) is 5.58. The molecular weight excluding hydrogens is 403 g/mol. The summed E-state index contributed by atoms with van der Waals surface area (Å²) >= 11 is 1.72. The Labute approximate surface area is 171 Å². The molecule has 0 bridgehead atoms. The molecule has 2 aromatic rings. The minimum Gasteiger partial charge on any atom is -0.378 e. The summed E-state index contributed by atoms with van der Waals surface area (Å²) in [7, 11) is 0. The Hall–Kier alpha value is -2.10. The molecule has 29 heavy (non-hydrogen) atoms. The van der Waals surface area contributed by atoms with Crippen LogP contribution in [0.1, 0.15) is 16.0 Å². The van der Waals surface area contributed by atoms with E-state index in [0.717, 1.165) is 25.1 Å². The van der Waals surface area contributed by atoms with Crippen LogP contribution in [-0.2, 0) is 28.7 Å². The first kappa shape index (κ1) is 20.2. The van der Waals surface area contributed by atoms with Gasteiger partial charge in [-0.05, 0) is 41.6 Å². The molecule has 0 radical (unpaired) electrons. The minimum absolute atomic E-state index is 0.147. The van der Waals surface area contributed by atoms with E-state index < -0.39 is 11.7 Å². The van der Waals surface area contributed by atoms with Crippen LogP contribution in [0, 0.1) is 0 Å². The standard InChI is InChI=1S/C20H22F3N3O2S/c21-20(22,23)15-1-2-17(26-6-8-28-9-7-26)16(11-15)24-19(27)13-25-5-3-18-14(12-25)4-10-29-18/h1-2,4,10-11H,3,5-9,12-13H2,(H,24,27). The van der Waals surface area contributed by atoms with Crippen LogP contribution < -0.4 is 10.2 Å². The summed E-state index contributed by atoms with van der Waals surface area (Å²) in [4.78, 5) is 18.0. The average molecular weight is 425 g/mol. The Morgan fingerprint density at radius 2 is 1.97 bits per heavy atom. The number of halogens is 3. The highest BCUT2D eigenvalue weighted by atomic mass is 32.1. The first-order valence-corrected chi connectivity index (χ1v) is 10.4. The second kappa shape index (κ2) is 8.33. The van der Waals surface area contributed by atoms with E-state index in [1.807, 2.05) is 15.2 Å². The van der Waals surface area contributed by atoms with E-state index in [1.54, 1.807) is 11.3 Å². The second-order valence-corrected chi connectivity index (χ2v) is 8.21. The number of nitrogens with zero attached hydrogens (tertiary/aromatic N) is 2. The minimum atomic E-state index is -4.47. The van der Waals surface area contributed by atoms with Crippen molar-refractivity contribution in [3.05, 3.63) is 45.6 Å². The van der Waals surface area contributed by atoms with Gasteiger partial charge in [0.15, 0.2) is 0 Å². The van der Waals surface area contributed by atoms with Gasteiger partial charge in [0.05, 0.1) is 36.7 Å². The smallest absolute Gasteiger partial charge is 0.378 e. The van der Waals surface area contributed by atoms with Crippen LogP contribution in [0.15, 0.2) is 29.6 Å². The largest absolute Gasteiger partial charge is 0.416 e. The summed E-state index contributed by atoms with van der Waals surface area (Å²) in [5.41, 5.74) is 1.24. The number of ether oxygens (including phenoxy) is 1. The first-order chi connectivity index (χ1) is 13.9. The van der Waals surface area contributed by atoms with Crippen molar-refractivity contribution >= 4 is 28.6 Å². The van der Waals surface area contributed by atoms with Crippen molar-refractivity contribution in [1.29, 1.82) is 0 Å². The van der Waals surface area contributed by atoms with E-state index >= 15 is 0 Å². The lowest BCUT2D eigenvalue weighted by atomic mass is 10.1. The zero-order chi connectivity index (χ0) is 20.4. The van der Waals surface area contributed by atoms with Gasteiger partial charge >= 0.3 is 6.18 Å². The zero-order valence-corrected chi connectivity index (χ0v) is 16.6. The van der Waals surface area contributed by atoms with Gasteiger partial charge in [0, 0.05) is 31.1 Å². The molecule has 2 aliphatic rings. The third-order valence-electron chi connectivity index (χ3n) is 5.20. The molecule has 1 fully saturated rings. The number of hydrogen-bond donors (Lipinski definition) is 1. The third-order valence-corrected chi connectivity index (χ3v) is 6.23. The molecule has 1 N–H and O–H groups in total. The number of fused-ring (bicyclic) bond motifs is 1. The van der Waals surface area contributed by atoms with Gasteiger partial charge in [0.2, 0.25) is 5.91 Å². The van der Waals surface area contributed by atoms with Crippen LogP contribution in [0.5, 0.6) is 0 Å². The Balaban J connectivity index is 1.50. The Morgan fingerprint density at radius 3 is 2.72 bits per heavy atom. The summed E-state index contributed by atoms with van der Waals surface area (Å²) < 4.78 is 45.0. The molecule has 4 rings (SSSR count). The number of benzene rings is 1. The molecule has 9 heteroatoms. The Bertz CT molecular complexity index is 878. The molecule has 1 saturated heterocycles. The maximum absolute atomic E-state index is 13.2. The topological polar surface area (TPSA) is 44.8 Å². The number of amides is 1. The lowest BCUT2D eigenvalue weighted by molar-refractivity contribution is -0.137. The molecular formula is C20H22F3N3O2S. The van der Waals surface area contributed by atoms with Gasteiger partial charge in [0.25, 0.3) is 0 Å². The van der Waals surface area contributed by atoms with Gasteiger partial charge in [0.1, 0.15) is 0 Å². The molecule has 156 valence electrons. The second-order valence-electron chi connectivity index (χ2n) is 7.21. The number of rotatable bonds is 4. The maximum atomic E-state index is 13.2. The van der Waals surface area contributed by atoms with Crippen molar-refractivity contribution in [1.82, 2.24) is 4.90 Å². The highest BCUT2D eigenvalue weighted by Gasteiger charge is 2.32. The number of carbonyl (C=O) groups excluding carboxylic acids is 1. The highest BCUT2D eigenvalue weighted by molar-refractivity contribution is 7.10. The van der Waals surface area contributed by atoms with Crippen molar-refractivity contribution in [2.45, 2.75) is 19.1 Å². The molecule has 1 aromatic heterocycles. The van der Waals surface area contributed by atoms with E-state index in [4.69, 9.17) is 4.74 Å². The number of nitrogens with one attached hydrogen (secondary N) is 1. The van der Waals surface area contributed by atoms with Crippen LogP contribution in [0.3, 0.4) is 0 Å². The van der Waals surface area contributed by atoms with Gasteiger partial charge in [-0.15, -0.1) is 11.3 Å². The van der Waals surface area contributed by atoms with Crippen LogP contribution in [-0.4, -0.2) is 50.2 Å².